The van der Waals surface area contributed by atoms with Crippen LogP contribution in [-0.2, 0) is 4.79 Å². The molecule has 0 spiro atoms. The molecule has 1 fully saturated rings. The second-order valence-electron chi connectivity index (χ2n) is 8.49. The van der Waals surface area contributed by atoms with Gasteiger partial charge in [0.05, 0.1) is 11.4 Å². The quantitative estimate of drug-likeness (QED) is 0.388. The molecular formula is C24H24N6O4. The Kier molecular flexibility index (Phi) is 5.34. The fraction of sp³-hybridized carbons (Fsp3) is 0.333. The van der Waals surface area contributed by atoms with Gasteiger partial charge in [-0.2, -0.15) is 10.2 Å². The molecule has 3 aromatic heterocycles. The van der Waals surface area contributed by atoms with E-state index in [0.717, 1.165) is 22.1 Å². The molecule has 4 aromatic rings. The van der Waals surface area contributed by atoms with Gasteiger partial charge >= 0.3 is 0 Å². The molecule has 0 bridgehead atoms. The number of anilines is 1. The number of likely N-dealkylation sites (tertiary alicyclic amines) is 1. The maximum atomic E-state index is 12.6. The number of nitrogen functional groups attached to an aromatic ring is 1. The van der Waals surface area contributed by atoms with Crippen LogP contribution in [-0.4, -0.2) is 55.6 Å². The predicted octanol–water partition coefficient (Wildman–Crippen LogP) is 1.89. The van der Waals surface area contributed by atoms with Crippen LogP contribution in [0.25, 0.3) is 33.3 Å². The lowest BCUT2D eigenvalue weighted by Gasteiger charge is -2.31. The Morgan fingerprint density at radius 1 is 1.32 bits per heavy atom. The Bertz CT molecular complexity index is 1540. The summed E-state index contributed by atoms with van der Waals surface area (Å²) in [6.07, 6.45) is 1.22. The van der Waals surface area contributed by atoms with Gasteiger partial charge in [-0.15, -0.1) is 0 Å². The number of furan rings is 1. The maximum absolute atomic E-state index is 12.6. The van der Waals surface area contributed by atoms with E-state index in [-0.39, 0.29) is 29.9 Å². The van der Waals surface area contributed by atoms with E-state index in [1.165, 1.54) is 0 Å². The van der Waals surface area contributed by atoms with Crippen molar-refractivity contribution in [1.29, 1.82) is 0 Å². The number of nitrogens with two attached hydrogens (primary N) is 1. The van der Waals surface area contributed by atoms with Crippen molar-refractivity contribution in [3.05, 3.63) is 39.7 Å². The first-order valence-electron chi connectivity index (χ1n) is 11.0. The lowest BCUT2D eigenvalue weighted by atomic mass is 10.0. The molecule has 1 amide bonds. The van der Waals surface area contributed by atoms with Crippen LogP contribution < -0.4 is 11.3 Å². The molecule has 5 rings (SSSR count). The summed E-state index contributed by atoms with van der Waals surface area (Å²) in [6, 6.07) is 5.88. The Labute approximate surface area is 194 Å². The van der Waals surface area contributed by atoms with E-state index in [4.69, 9.17) is 15.3 Å². The molecule has 10 heteroatoms. The van der Waals surface area contributed by atoms with E-state index in [1.54, 1.807) is 9.58 Å². The molecule has 0 radical (unpaired) electrons. The SMILES string of the molecule is Cc1ccc2oc(-c3c4c(N)n[nH]c(=O)c4nn3C3CCN(C(=O)C#CCO)CC3)c(C)c2c1. The smallest absolute Gasteiger partial charge is 0.298 e. The first-order valence-corrected chi connectivity index (χ1v) is 11.0. The zero-order valence-corrected chi connectivity index (χ0v) is 18.9. The predicted molar refractivity (Wildman–Crippen MR) is 127 cm³/mol. The van der Waals surface area contributed by atoms with Crippen LogP contribution in [0.2, 0.25) is 0 Å². The zero-order valence-electron chi connectivity index (χ0n) is 18.9. The van der Waals surface area contributed by atoms with Crippen LogP contribution in [0.1, 0.15) is 30.0 Å². The number of piperidine rings is 1. The molecule has 10 nitrogen and oxygen atoms in total. The van der Waals surface area contributed by atoms with Gasteiger partial charge in [0.1, 0.15) is 17.9 Å². The van der Waals surface area contributed by atoms with Crippen molar-refractivity contribution >= 4 is 33.6 Å². The van der Waals surface area contributed by atoms with Crippen molar-refractivity contribution in [3.8, 4) is 23.3 Å². The molecule has 1 aromatic carbocycles. The molecule has 1 aliphatic heterocycles. The highest BCUT2D eigenvalue weighted by Crippen LogP contribution is 2.40. The Morgan fingerprint density at radius 3 is 2.82 bits per heavy atom. The number of aromatic nitrogens is 4. The topological polar surface area (TPSA) is 143 Å². The highest BCUT2D eigenvalue weighted by molar-refractivity contribution is 6.01. The fourth-order valence-electron chi connectivity index (χ4n) is 4.61. The maximum Gasteiger partial charge on any atom is 0.298 e. The number of rotatable bonds is 2. The Morgan fingerprint density at radius 2 is 2.09 bits per heavy atom. The summed E-state index contributed by atoms with van der Waals surface area (Å²) in [5, 5.41) is 21.3. The van der Waals surface area contributed by atoms with Crippen LogP contribution in [0, 0.1) is 25.7 Å². The van der Waals surface area contributed by atoms with Crippen LogP contribution in [0.3, 0.4) is 0 Å². The number of aryl methyl sites for hydroxylation is 2. The third-order valence-corrected chi connectivity index (χ3v) is 6.34. The molecule has 174 valence electrons. The standard InChI is InChI=1S/C24H24N6O4/c1-13-5-6-17-16(12-13)14(2)22(34-17)21-19-20(24(33)27-26-23(19)25)28-30(21)15-7-9-29(10-8-15)18(32)4-3-11-31/h5-6,12,15,31H,7-11H2,1-2H3,(H2,25,26)(H,27,33). The monoisotopic (exact) mass is 460 g/mol. The van der Waals surface area contributed by atoms with Gasteiger partial charge in [-0.25, -0.2) is 5.10 Å². The first kappa shape index (κ1) is 21.7. The summed E-state index contributed by atoms with van der Waals surface area (Å²) in [5.74, 6) is 5.28. The van der Waals surface area contributed by atoms with E-state index in [9.17, 15) is 9.59 Å². The normalized spacial score (nSPS) is 14.5. The lowest BCUT2D eigenvalue weighted by Crippen LogP contribution is -2.38. The summed E-state index contributed by atoms with van der Waals surface area (Å²) in [6.45, 7) is 4.59. The minimum absolute atomic E-state index is 0.0922. The lowest BCUT2D eigenvalue weighted by molar-refractivity contribution is -0.126. The number of carbonyl (C=O) groups excluding carboxylic acids is 1. The van der Waals surface area contributed by atoms with E-state index < -0.39 is 5.56 Å². The summed E-state index contributed by atoms with van der Waals surface area (Å²) in [4.78, 5) is 26.5. The van der Waals surface area contributed by atoms with Crippen molar-refractivity contribution in [1.82, 2.24) is 24.9 Å². The third kappa shape index (κ3) is 3.50. The minimum Gasteiger partial charge on any atom is -0.454 e. The average Bonchev–Trinajstić information content (AvgIpc) is 3.39. The fourth-order valence-corrected chi connectivity index (χ4v) is 4.61. The van der Waals surface area contributed by atoms with Crippen molar-refractivity contribution in [2.75, 3.05) is 25.4 Å². The van der Waals surface area contributed by atoms with Crippen LogP contribution in [0.5, 0.6) is 0 Å². The zero-order chi connectivity index (χ0) is 24.0. The largest absolute Gasteiger partial charge is 0.454 e. The summed E-state index contributed by atoms with van der Waals surface area (Å²) in [7, 11) is 0. The van der Waals surface area contributed by atoms with Gasteiger partial charge in [0, 0.05) is 24.0 Å². The van der Waals surface area contributed by atoms with Crippen molar-refractivity contribution < 1.29 is 14.3 Å². The van der Waals surface area contributed by atoms with Crippen LogP contribution in [0.15, 0.2) is 27.4 Å². The van der Waals surface area contributed by atoms with E-state index in [0.29, 0.717) is 42.8 Å². The minimum atomic E-state index is -0.430. The number of benzene rings is 1. The second kappa shape index (κ2) is 8.35. The molecule has 34 heavy (non-hydrogen) atoms. The summed E-state index contributed by atoms with van der Waals surface area (Å²) >= 11 is 0. The number of fused-ring (bicyclic) bond motifs is 2. The number of amides is 1. The average molecular weight is 460 g/mol. The van der Waals surface area contributed by atoms with Crippen molar-refractivity contribution in [2.45, 2.75) is 32.7 Å². The third-order valence-electron chi connectivity index (χ3n) is 6.34. The number of aliphatic hydroxyl groups excluding tert-OH is 1. The number of carbonyl (C=O) groups is 1. The Balaban J connectivity index is 1.63. The summed E-state index contributed by atoms with van der Waals surface area (Å²) in [5.41, 5.74) is 9.37. The Hall–Kier alpha value is -4.10. The number of hydrogen-bond acceptors (Lipinski definition) is 7. The van der Waals surface area contributed by atoms with Crippen molar-refractivity contribution in [3.63, 3.8) is 0 Å². The van der Waals surface area contributed by atoms with Crippen LogP contribution >= 0.6 is 0 Å². The summed E-state index contributed by atoms with van der Waals surface area (Å²) < 4.78 is 8.08. The highest BCUT2D eigenvalue weighted by Gasteiger charge is 2.30. The van der Waals surface area contributed by atoms with Gasteiger partial charge in [0.15, 0.2) is 17.1 Å². The van der Waals surface area contributed by atoms with Gasteiger partial charge in [-0.05, 0) is 44.7 Å². The van der Waals surface area contributed by atoms with Crippen molar-refractivity contribution in [2.24, 2.45) is 0 Å². The molecule has 0 aliphatic carbocycles. The number of H-pyrrole nitrogens is 1. The van der Waals surface area contributed by atoms with Crippen LogP contribution in [0.4, 0.5) is 5.82 Å². The molecular weight excluding hydrogens is 436 g/mol. The number of nitrogens with one attached hydrogen (secondary N) is 1. The number of hydrogen-bond donors (Lipinski definition) is 3. The number of nitrogens with zero attached hydrogens (tertiary/aromatic N) is 4. The van der Waals surface area contributed by atoms with E-state index in [1.807, 2.05) is 26.0 Å². The van der Waals surface area contributed by atoms with E-state index >= 15 is 0 Å². The van der Waals surface area contributed by atoms with Gasteiger partial charge in [-0.3, -0.25) is 14.3 Å². The highest BCUT2D eigenvalue weighted by atomic mass is 16.3. The van der Waals surface area contributed by atoms with E-state index in [2.05, 4.69) is 33.2 Å². The molecule has 1 aliphatic rings. The van der Waals surface area contributed by atoms with Gasteiger partial charge in [-0.1, -0.05) is 17.6 Å². The molecule has 1 saturated heterocycles. The molecule has 0 saturated carbocycles. The van der Waals surface area contributed by atoms with Gasteiger partial charge in [0.2, 0.25) is 0 Å². The van der Waals surface area contributed by atoms with Gasteiger partial charge < -0.3 is 20.2 Å². The number of aliphatic hydroxyl groups is 1. The molecule has 0 atom stereocenters. The number of aromatic amines is 1. The second-order valence-corrected chi connectivity index (χ2v) is 8.49. The molecule has 4 heterocycles. The van der Waals surface area contributed by atoms with Gasteiger partial charge in [0.25, 0.3) is 11.5 Å². The molecule has 4 N–H and O–H groups in total. The molecule has 0 unspecified atom stereocenters. The first-order chi connectivity index (χ1) is 16.4.